The van der Waals surface area contributed by atoms with Crippen LogP contribution in [0.2, 0.25) is 0 Å². The van der Waals surface area contributed by atoms with Crippen molar-refractivity contribution >= 4 is 0 Å². The summed E-state index contributed by atoms with van der Waals surface area (Å²) in [7, 11) is 1.48. The Kier molecular flexibility index (Phi) is 7.16. The Morgan fingerprint density at radius 1 is 1.22 bits per heavy atom. The molecule has 1 aromatic rings. The molecule has 1 aliphatic rings. The minimum atomic E-state index is -1.02. The third-order valence-electron chi connectivity index (χ3n) is 3.72. The van der Waals surface area contributed by atoms with Crippen molar-refractivity contribution in [3.05, 3.63) is 48.6 Å². The third kappa shape index (κ3) is 4.60. The van der Waals surface area contributed by atoms with E-state index in [9.17, 15) is 10.2 Å². The highest BCUT2D eigenvalue weighted by Crippen LogP contribution is 2.27. The van der Waals surface area contributed by atoms with Crippen LogP contribution in [0.3, 0.4) is 0 Å². The number of benzene rings is 1. The van der Waals surface area contributed by atoms with Crippen LogP contribution in [0.4, 0.5) is 0 Å². The molecule has 1 fully saturated rings. The molecular weight excluding hydrogens is 300 g/mol. The zero-order chi connectivity index (χ0) is 16.7. The zero-order valence-corrected chi connectivity index (χ0v) is 13.2. The van der Waals surface area contributed by atoms with E-state index >= 15 is 0 Å². The highest BCUT2D eigenvalue weighted by atomic mass is 16.7. The summed E-state index contributed by atoms with van der Waals surface area (Å²) in [6, 6.07) is 9.62. The Morgan fingerprint density at radius 2 is 1.96 bits per heavy atom. The fourth-order valence-corrected chi connectivity index (χ4v) is 2.54. The predicted octanol–water partition coefficient (Wildman–Crippen LogP) is 0.867. The Balaban J connectivity index is 2.11. The van der Waals surface area contributed by atoms with Crippen LogP contribution in [0.1, 0.15) is 5.56 Å². The molecule has 2 N–H and O–H groups in total. The van der Waals surface area contributed by atoms with Crippen LogP contribution in [0, 0.1) is 0 Å². The molecule has 0 aliphatic carbocycles. The van der Waals surface area contributed by atoms with Crippen LogP contribution in [0.25, 0.3) is 0 Å². The normalized spacial score (nSPS) is 31.0. The number of aliphatic hydroxyl groups excluding tert-OH is 2. The van der Waals surface area contributed by atoms with Crippen molar-refractivity contribution in [2.45, 2.75) is 37.3 Å². The second kappa shape index (κ2) is 9.12. The van der Waals surface area contributed by atoms with Crippen LogP contribution in [0.5, 0.6) is 0 Å². The highest BCUT2D eigenvalue weighted by molar-refractivity contribution is 5.13. The van der Waals surface area contributed by atoms with Gasteiger partial charge < -0.3 is 29.2 Å². The standard InChI is InChI=1S/C17H24O6/c1-3-9-21-16-15(22-11-12-7-5-4-6-8-12)14(19)13(10-18)23-17(16)20-2/h3-8,13-19H,1,9-11H2,2H3/t13-,14-,15+,16-,17+/m1/s1. The van der Waals surface area contributed by atoms with Crippen molar-refractivity contribution in [3.8, 4) is 0 Å². The molecule has 128 valence electrons. The van der Waals surface area contributed by atoms with Crippen molar-refractivity contribution in [3.63, 3.8) is 0 Å². The maximum absolute atomic E-state index is 10.4. The zero-order valence-electron chi connectivity index (χ0n) is 13.2. The summed E-state index contributed by atoms with van der Waals surface area (Å²) in [5.74, 6) is 0. The summed E-state index contributed by atoms with van der Waals surface area (Å²) in [5.41, 5.74) is 0.975. The number of hydrogen-bond acceptors (Lipinski definition) is 6. The Labute approximate surface area is 136 Å². The lowest BCUT2D eigenvalue weighted by atomic mass is 9.98. The summed E-state index contributed by atoms with van der Waals surface area (Å²) >= 11 is 0. The second-order valence-corrected chi connectivity index (χ2v) is 5.30. The van der Waals surface area contributed by atoms with Crippen LogP contribution >= 0.6 is 0 Å². The first kappa shape index (κ1) is 18.1. The van der Waals surface area contributed by atoms with Crippen molar-refractivity contribution in [1.29, 1.82) is 0 Å². The molecule has 1 aliphatic heterocycles. The third-order valence-corrected chi connectivity index (χ3v) is 3.72. The number of ether oxygens (including phenoxy) is 4. The molecule has 1 saturated heterocycles. The summed E-state index contributed by atoms with van der Waals surface area (Å²) in [4.78, 5) is 0. The first-order valence-corrected chi connectivity index (χ1v) is 7.56. The molecule has 0 unspecified atom stereocenters. The lowest BCUT2D eigenvalue weighted by Gasteiger charge is -2.43. The fourth-order valence-electron chi connectivity index (χ4n) is 2.54. The summed E-state index contributed by atoms with van der Waals surface area (Å²) < 4.78 is 22.3. The molecule has 6 heteroatoms. The second-order valence-electron chi connectivity index (χ2n) is 5.30. The molecule has 0 amide bonds. The molecule has 1 aromatic carbocycles. The van der Waals surface area contributed by atoms with Gasteiger partial charge in [0.2, 0.25) is 0 Å². The molecule has 1 heterocycles. The molecule has 0 radical (unpaired) electrons. The number of rotatable bonds is 8. The fraction of sp³-hybridized carbons (Fsp3) is 0.529. The minimum absolute atomic E-state index is 0.273. The molecule has 6 nitrogen and oxygen atoms in total. The van der Waals surface area contributed by atoms with E-state index in [0.29, 0.717) is 6.61 Å². The molecule has 5 atom stereocenters. The van der Waals surface area contributed by atoms with Crippen molar-refractivity contribution < 1.29 is 29.2 Å². The molecule has 23 heavy (non-hydrogen) atoms. The summed E-state index contributed by atoms with van der Waals surface area (Å²) in [5, 5.41) is 19.8. The van der Waals surface area contributed by atoms with Gasteiger partial charge in [0.25, 0.3) is 0 Å². The molecule has 2 rings (SSSR count). The topological polar surface area (TPSA) is 77.4 Å². The van der Waals surface area contributed by atoms with Gasteiger partial charge in [-0.25, -0.2) is 0 Å². The molecule has 0 aromatic heterocycles. The van der Waals surface area contributed by atoms with Gasteiger partial charge in [0.15, 0.2) is 6.29 Å². The maximum Gasteiger partial charge on any atom is 0.186 e. The Morgan fingerprint density at radius 3 is 2.57 bits per heavy atom. The van der Waals surface area contributed by atoms with Gasteiger partial charge in [-0.2, -0.15) is 0 Å². The van der Waals surface area contributed by atoms with E-state index < -0.39 is 30.7 Å². The Bertz CT molecular complexity index is 465. The van der Waals surface area contributed by atoms with Gasteiger partial charge in [0, 0.05) is 7.11 Å². The van der Waals surface area contributed by atoms with E-state index in [0.717, 1.165) is 5.56 Å². The van der Waals surface area contributed by atoms with E-state index in [-0.39, 0.29) is 13.2 Å². The highest BCUT2D eigenvalue weighted by Gasteiger charge is 2.46. The van der Waals surface area contributed by atoms with Crippen LogP contribution in [-0.4, -0.2) is 61.2 Å². The van der Waals surface area contributed by atoms with Crippen molar-refractivity contribution in [2.24, 2.45) is 0 Å². The molecule has 0 spiro atoms. The van der Waals surface area contributed by atoms with Crippen molar-refractivity contribution in [2.75, 3.05) is 20.3 Å². The number of aliphatic hydroxyl groups is 2. The van der Waals surface area contributed by atoms with Gasteiger partial charge in [-0.05, 0) is 5.56 Å². The van der Waals surface area contributed by atoms with Gasteiger partial charge in [-0.1, -0.05) is 36.4 Å². The van der Waals surface area contributed by atoms with Gasteiger partial charge in [-0.15, -0.1) is 6.58 Å². The minimum Gasteiger partial charge on any atom is -0.394 e. The van der Waals surface area contributed by atoms with Crippen LogP contribution < -0.4 is 0 Å². The maximum atomic E-state index is 10.4. The van der Waals surface area contributed by atoms with Crippen LogP contribution in [0.15, 0.2) is 43.0 Å². The smallest absolute Gasteiger partial charge is 0.186 e. The van der Waals surface area contributed by atoms with Gasteiger partial charge in [0.1, 0.15) is 24.4 Å². The first-order valence-electron chi connectivity index (χ1n) is 7.56. The van der Waals surface area contributed by atoms with Gasteiger partial charge in [0.05, 0.1) is 19.8 Å². The number of methoxy groups -OCH3 is 1. The summed E-state index contributed by atoms with van der Waals surface area (Å²) in [6.07, 6.45) is -2.26. The average molecular weight is 324 g/mol. The lowest BCUT2D eigenvalue weighted by molar-refractivity contribution is -0.310. The summed E-state index contributed by atoms with van der Waals surface area (Å²) in [6.45, 7) is 3.87. The Hall–Kier alpha value is -1.28. The van der Waals surface area contributed by atoms with E-state index in [1.54, 1.807) is 6.08 Å². The van der Waals surface area contributed by atoms with E-state index in [1.165, 1.54) is 7.11 Å². The number of hydrogen-bond donors (Lipinski definition) is 2. The van der Waals surface area contributed by atoms with Crippen molar-refractivity contribution in [1.82, 2.24) is 0 Å². The first-order chi connectivity index (χ1) is 11.2. The SMILES string of the molecule is C=CCO[C@H]1[C@@H](OC)O[C@H](CO)[C@@H](O)[C@@H]1OCc1ccccc1. The lowest BCUT2D eigenvalue weighted by Crippen LogP contribution is -2.60. The van der Waals surface area contributed by atoms with Gasteiger partial charge >= 0.3 is 0 Å². The van der Waals surface area contributed by atoms with Gasteiger partial charge in [-0.3, -0.25) is 0 Å². The van der Waals surface area contributed by atoms with E-state index in [2.05, 4.69) is 6.58 Å². The molecular formula is C17H24O6. The van der Waals surface area contributed by atoms with E-state index in [1.807, 2.05) is 30.3 Å². The largest absolute Gasteiger partial charge is 0.394 e. The van der Waals surface area contributed by atoms with E-state index in [4.69, 9.17) is 18.9 Å². The molecule has 0 bridgehead atoms. The monoisotopic (exact) mass is 324 g/mol. The molecule has 0 saturated carbocycles. The quantitative estimate of drug-likeness (QED) is 0.691. The van der Waals surface area contributed by atoms with Crippen LogP contribution in [-0.2, 0) is 25.6 Å². The predicted molar refractivity (Wildman–Crippen MR) is 83.7 cm³/mol. The average Bonchev–Trinajstić information content (AvgIpc) is 2.60.